The van der Waals surface area contributed by atoms with Gasteiger partial charge in [0.25, 0.3) is 0 Å². The summed E-state index contributed by atoms with van der Waals surface area (Å²) in [5, 5.41) is 15.9. The molecule has 3 heteroatoms. The molecule has 0 aliphatic carbocycles. The van der Waals surface area contributed by atoms with Crippen molar-refractivity contribution in [3.63, 3.8) is 0 Å². The largest absolute Gasteiger partial charge is 0.508 e. The van der Waals surface area contributed by atoms with Crippen molar-refractivity contribution in [3.8, 4) is 5.75 Å². The number of phenolic OH excluding ortho intramolecular Hbond substituents is 1. The number of aromatic hydroxyl groups is 1. The molecule has 0 spiro atoms. The molecule has 4 N–H and O–H groups in total. The molecule has 0 aliphatic heterocycles. The average molecular weight is 169 g/mol. The van der Waals surface area contributed by atoms with Gasteiger partial charge in [0.2, 0.25) is 0 Å². The van der Waals surface area contributed by atoms with Crippen molar-refractivity contribution in [1.29, 1.82) is 0 Å². The molecule has 3 nitrogen and oxygen atoms in total. The second-order valence-corrected chi connectivity index (χ2v) is 2.21. The molecule has 0 radical (unpaired) electrons. The second kappa shape index (κ2) is 6.64. The Labute approximate surface area is 72.5 Å². The zero-order chi connectivity index (χ0) is 9.40. The summed E-state index contributed by atoms with van der Waals surface area (Å²) < 4.78 is 0. The highest BCUT2D eigenvalue weighted by molar-refractivity contribution is 5.25. The summed E-state index contributed by atoms with van der Waals surface area (Å²) in [5.41, 5.74) is 6.50. The first-order chi connectivity index (χ1) is 5.83. The van der Waals surface area contributed by atoms with Gasteiger partial charge in [-0.2, -0.15) is 0 Å². The highest BCUT2D eigenvalue weighted by Gasteiger charge is 1.89. The average Bonchev–Trinajstić information content (AvgIpc) is 2.13. The second-order valence-electron chi connectivity index (χ2n) is 2.21. The zero-order valence-electron chi connectivity index (χ0n) is 7.20. The van der Waals surface area contributed by atoms with Gasteiger partial charge in [-0.05, 0) is 30.7 Å². The lowest BCUT2D eigenvalue weighted by Gasteiger charge is -1.96. The molecule has 1 rings (SSSR count). The Morgan fingerprint density at radius 1 is 1.17 bits per heavy atom. The van der Waals surface area contributed by atoms with E-state index in [2.05, 4.69) is 0 Å². The van der Waals surface area contributed by atoms with Crippen LogP contribution in [-0.4, -0.2) is 23.9 Å². The summed E-state index contributed by atoms with van der Waals surface area (Å²) in [6.45, 7) is 0.658. The molecule has 0 atom stereocenters. The van der Waals surface area contributed by atoms with E-state index < -0.39 is 0 Å². The van der Waals surface area contributed by atoms with Crippen LogP contribution in [-0.2, 0) is 6.42 Å². The van der Waals surface area contributed by atoms with Crippen LogP contribution in [0.15, 0.2) is 24.3 Å². The molecule has 0 bridgehead atoms. The molecule has 0 aromatic heterocycles. The highest BCUT2D eigenvalue weighted by Crippen LogP contribution is 2.09. The van der Waals surface area contributed by atoms with E-state index in [0.29, 0.717) is 12.3 Å². The van der Waals surface area contributed by atoms with Crippen LogP contribution >= 0.6 is 0 Å². The SMILES string of the molecule is CO.NCCc1ccc(O)cc1. The Hall–Kier alpha value is -1.06. The van der Waals surface area contributed by atoms with Gasteiger partial charge in [-0.25, -0.2) is 0 Å². The van der Waals surface area contributed by atoms with Crippen LogP contribution < -0.4 is 5.73 Å². The van der Waals surface area contributed by atoms with Gasteiger partial charge in [-0.3, -0.25) is 0 Å². The third-order valence-corrected chi connectivity index (χ3v) is 1.37. The van der Waals surface area contributed by atoms with Crippen molar-refractivity contribution in [3.05, 3.63) is 29.8 Å². The Morgan fingerprint density at radius 2 is 1.67 bits per heavy atom. The van der Waals surface area contributed by atoms with E-state index in [1.807, 2.05) is 12.1 Å². The number of hydrogen-bond acceptors (Lipinski definition) is 3. The van der Waals surface area contributed by atoms with Crippen LogP contribution in [0.2, 0.25) is 0 Å². The van der Waals surface area contributed by atoms with Gasteiger partial charge in [0.05, 0.1) is 0 Å². The van der Waals surface area contributed by atoms with E-state index in [4.69, 9.17) is 15.9 Å². The molecule has 0 fully saturated rings. The van der Waals surface area contributed by atoms with Crippen LogP contribution in [0.4, 0.5) is 0 Å². The van der Waals surface area contributed by atoms with Gasteiger partial charge in [0.1, 0.15) is 5.75 Å². The van der Waals surface area contributed by atoms with Crippen molar-refractivity contribution in [1.82, 2.24) is 0 Å². The Morgan fingerprint density at radius 3 is 2.08 bits per heavy atom. The lowest BCUT2D eigenvalue weighted by atomic mass is 10.1. The third kappa shape index (κ3) is 3.95. The van der Waals surface area contributed by atoms with E-state index in [9.17, 15) is 0 Å². The Balaban J connectivity index is 0.000000561. The minimum absolute atomic E-state index is 0.306. The number of rotatable bonds is 2. The molecule has 0 saturated carbocycles. The number of hydrogen-bond donors (Lipinski definition) is 3. The van der Waals surface area contributed by atoms with Gasteiger partial charge in [0, 0.05) is 7.11 Å². The molecule has 1 aromatic rings. The molecular formula is C9H15NO2. The monoisotopic (exact) mass is 169 g/mol. The summed E-state index contributed by atoms with van der Waals surface area (Å²) >= 11 is 0. The maximum atomic E-state index is 8.89. The first-order valence-corrected chi connectivity index (χ1v) is 3.75. The van der Waals surface area contributed by atoms with Gasteiger partial charge in [-0.1, -0.05) is 12.1 Å². The van der Waals surface area contributed by atoms with Crippen LogP contribution in [0.25, 0.3) is 0 Å². The molecule has 0 heterocycles. The molecular weight excluding hydrogens is 154 g/mol. The van der Waals surface area contributed by atoms with Gasteiger partial charge in [-0.15, -0.1) is 0 Å². The zero-order valence-corrected chi connectivity index (χ0v) is 7.20. The first kappa shape index (κ1) is 10.9. The Kier molecular flexibility index (Phi) is 6.05. The molecule has 0 amide bonds. The third-order valence-electron chi connectivity index (χ3n) is 1.37. The molecule has 12 heavy (non-hydrogen) atoms. The minimum Gasteiger partial charge on any atom is -0.508 e. The van der Waals surface area contributed by atoms with Crippen LogP contribution in [0.1, 0.15) is 5.56 Å². The van der Waals surface area contributed by atoms with E-state index in [0.717, 1.165) is 13.5 Å². The van der Waals surface area contributed by atoms with E-state index in [1.165, 1.54) is 5.56 Å². The van der Waals surface area contributed by atoms with E-state index in [1.54, 1.807) is 12.1 Å². The van der Waals surface area contributed by atoms with Crippen molar-refractivity contribution in [2.75, 3.05) is 13.7 Å². The smallest absolute Gasteiger partial charge is 0.115 e. The highest BCUT2D eigenvalue weighted by atomic mass is 16.3. The predicted octanol–water partition coefficient (Wildman–Crippen LogP) is 0.502. The summed E-state index contributed by atoms with van der Waals surface area (Å²) in [6, 6.07) is 7.10. The van der Waals surface area contributed by atoms with E-state index >= 15 is 0 Å². The quantitative estimate of drug-likeness (QED) is 0.604. The summed E-state index contributed by atoms with van der Waals surface area (Å²) in [5.74, 6) is 0.306. The summed E-state index contributed by atoms with van der Waals surface area (Å²) in [7, 11) is 1.00. The maximum Gasteiger partial charge on any atom is 0.115 e. The molecule has 0 unspecified atom stereocenters. The molecule has 68 valence electrons. The van der Waals surface area contributed by atoms with Gasteiger partial charge >= 0.3 is 0 Å². The lowest BCUT2D eigenvalue weighted by Crippen LogP contribution is -2.01. The Bertz CT molecular complexity index is 196. The fourth-order valence-electron chi connectivity index (χ4n) is 0.829. The minimum atomic E-state index is 0.306. The number of nitrogens with two attached hydrogens (primary N) is 1. The molecule has 0 aliphatic rings. The maximum absolute atomic E-state index is 8.89. The normalized spacial score (nSPS) is 8.58. The molecule has 0 saturated heterocycles. The van der Waals surface area contributed by atoms with E-state index in [-0.39, 0.29) is 0 Å². The molecule has 1 aromatic carbocycles. The predicted molar refractivity (Wildman–Crippen MR) is 49.0 cm³/mol. The van der Waals surface area contributed by atoms with Crippen molar-refractivity contribution < 1.29 is 10.2 Å². The first-order valence-electron chi connectivity index (χ1n) is 3.75. The number of phenols is 1. The standard InChI is InChI=1S/C8H11NO.CH4O/c9-6-5-7-1-3-8(10)4-2-7;1-2/h1-4,10H,5-6,9H2;2H,1H3. The van der Waals surface area contributed by atoms with Crippen molar-refractivity contribution in [2.24, 2.45) is 5.73 Å². The van der Waals surface area contributed by atoms with Crippen molar-refractivity contribution in [2.45, 2.75) is 6.42 Å². The van der Waals surface area contributed by atoms with Gasteiger partial charge in [0.15, 0.2) is 0 Å². The fraction of sp³-hybridized carbons (Fsp3) is 0.333. The van der Waals surface area contributed by atoms with Crippen LogP contribution in [0.3, 0.4) is 0 Å². The van der Waals surface area contributed by atoms with Crippen LogP contribution in [0, 0.1) is 0 Å². The number of aliphatic hydroxyl groups is 1. The number of aliphatic hydroxyl groups excluding tert-OH is 1. The summed E-state index contributed by atoms with van der Waals surface area (Å²) in [6.07, 6.45) is 0.875. The van der Waals surface area contributed by atoms with Crippen molar-refractivity contribution >= 4 is 0 Å². The topological polar surface area (TPSA) is 66.5 Å². The lowest BCUT2D eigenvalue weighted by molar-refractivity contribution is 0.399. The van der Waals surface area contributed by atoms with Gasteiger partial charge < -0.3 is 15.9 Å². The number of benzene rings is 1. The fourth-order valence-corrected chi connectivity index (χ4v) is 0.829. The summed E-state index contributed by atoms with van der Waals surface area (Å²) in [4.78, 5) is 0. The van der Waals surface area contributed by atoms with Crippen LogP contribution in [0.5, 0.6) is 5.75 Å².